The molecule has 2 nitrogen and oxygen atoms in total. The van der Waals surface area contributed by atoms with Gasteiger partial charge in [0.1, 0.15) is 0 Å². The molecule has 0 amide bonds. The predicted molar refractivity (Wildman–Crippen MR) is 89.5 cm³/mol. The zero-order valence-corrected chi connectivity index (χ0v) is 13.8. The fourth-order valence-corrected chi connectivity index (χ4v) is 3.18. The molecule has 2 rings (SSSR count). The van der Waals surface area contributed by atoms with E-state index in [1.165, 1.54) is 31.2 Å². The Bertz CT molecular complexity index is 404. The van der Waals surface area contributed by atoms with Crippen LogP contribution >= 0.6 is 0 Å². The number of hydrogen-bond donors (Lipinski definition) is 2. The molecule has 1 aromatic carbocycles. The first kappa shape index (κ1) is 16.5. The van der Waals surface area contributed by atoms with Gasteiger partial charge in [0.15, 0.2) is 0 Å². The molecule has 0 aliphatic heterocycles. The van der Waals surface area contributed by atoms with E-state index in [9.17, 15) is 5.11 Å². The first-order valence-corrected chi connectivity index (χ1v) is 8.55. The molecular weight excluding hydrogens is 258 g/mol. The summed E-state index contributed by atoms with van der Waals surface area (Å²) < 4.78 is 0. The summed E-state index contributed by atoms with van der Waals surface area (Å²) in [6, 6.07) is 8.38. The lowest BCUT2D eigenvalue weighted by molar-refractivity contribution is 0.169. The summed E-state index contributed by atoms with van der Waals surface area (Å²) in [5, 5.41) is 13.7. The summed E-state index contributed by atoms with van der Waals surface area (Å²) in [5.74, 6) is 2.26. The van der Waals surface area contributed by atoms with Crippen LogP contribution in [0.1, 0.15) is 69.6 Å². The van der Waals surface area contributed by atoms with E-state index < -0.39 is 6.10 Å². The molecular formula is C19H31NO. The number of hydrogen-bond acceptors (Lipinski definition) is 2. The van der Waals surface area contributed by atoms with Gasteiger partial charge in [0.05, 0.1) is 6.10 Å². The van der Waals surface area contributed by atoms with E-state index in [4.69, 9.17) is 0 Å². The fourth-order valence-electron chi connectivity index (χ4n) is 3.18. The second-order valence-electron chi connectivity index (χ2n) is 7.12. The van der Waals surface area contributed by atoms with E-state index in [-0.39, 0.29) is 0 Å². The highest BCUT2D eigenvalue weighted by Crippen LogP contribution is 2.27. The highest BCUT2D eigenvalue weighted by Gasteiger charge is 2.18. The van der Waals surface area contributed by atoms with E-state index in [2.05, 4.69) is 50.4 Å². The quantitative estimate of drug-likeness (QED) is 0.820. The molecule has 2 heteroatoms. The van der Waals surface area contributed by atoms with Gasteiger partial charge in [0.2, 0.25) is 0 Å². The molecule has 0 heterocycles. The van der Waals surface area contributed by atoms with Crippen LogP contribution in [0, 0.1) is 11.8 Å². The fraction of sp³-hybridized carbons (Fsp3) is 0.684. The lowest BCUT2D eigenvalue weighted by Crippen LogP contribution is -2.29. The van der Waals surface area contributed by atoms with Gasteiger partial charge in [-0.15, -0.1) is 0 Å². The Morgan fingerprint density at radius 2 is 1.62 bits per heavy atom. The van der Waals surface area contributed by atoms with Crippen LogP contribution in [0.25, 0.3) is 0 Å². The Labute approximate surface area is 130 Å². The zero-order chi connectivity index (χ0) is 15.2. The van der Waals surface area contributed by atoms with E-state index in [0.29, 0.717) is 12.5 Å². The Hall–Kier alpha value is -0.860. The minimum Gasteiger partial charge on any atom is -0.387 e. The first-order valence-electron chi connectivity index (χ1n) is 8.55. The largest absolute Gasteiger partial charge is 0.387 e. The molecule has 1 unspecified atom stereocenters. The third-order valence-electron chi connectivity index (χ3n) is 4.89. The van der Waals surface area contributed by atoms with Crippen molar-refractivity contribution in [3.63, 3.8) is 0 Å². The average molecular weight is 289 g/mol. The lowest BCUT2D eigenvalue weighted by atomic mass is 9.83. The van der Waals surface area contributed by atoms with Gasteiger partial charge in [-0.3, -0.25) is 0 Å². The van der Waals surface area contributed by atoms with Crippen molar-refractivity contribution in [3.05, 3.63) is 35.4 Å². The van der Waals surface area contributed by atoms with Crippen molar-refractivity contribution in [2.75, 3.05) is 13.1 Å². The van der Waals surface area contributed by atoms with Gasteiger partial charge in [-0.1, -0.05) is 57.9 Å². The third kappa shape index (κ3) is 5.12. The van der Waals surface area contributed by atoms with Crippen LogP contribution in [0.2, 0.25) is 0 Å². The van der Waals surface area contributed by atoms with Gasteiger partial charge in [0.25, 0.3) is 0 Å². The maximum Gasteiger partial charge on any atom is 0.0914 e. The van der Waals surface area contributed by atoms with Gasteiger partial charge >= 0.3 is 0 Å². The highest BCUT2D eigenvalue weighted by atomic mass is 16.3. The van der Waals surface area contributed by atoms with E-state index in [1.54, 1.807) is 0 Å². The number of aliphatic hydroxyl groups is 1. The Morgan fingerprint density at radius 1 is 1.05 bits per heavy atom. The Morgan fingerprint density at radius 3 is 2.19 bits per heavy atom. The minimum absolute atomic E-state index is 0.395. The monoisotopic (exact) mass is 289 g/mol. The van der Waals surface area contributed by atoms with Crippen LogP contribution in [0.4, 0.5) is 0 Å². The molecule has 0 radical (unpaired) electrons. The minimum atomic E-state index is -0.395. The molecule has 1 saturated carbocycles. The van der Waals surface area contributed by atoms with Crippen molar-refractivity contribution in [2.24, 2.45) is 11.8 Å². The SMILES string of the molecule is CC1CCC(CNCC(O)c2ccc(C(C)C)cc2)CC1. The maximum absolute atomic E-state index is 10.3. The van der Waals surface area contributed by atoms with E-state index >= 15 is 0 Å². The van der Waals surface area contributed by atoms with Crippen LogP contribution in [-0.4, -0.2) is 18.2 Å². The van der Waals surface area contributed by atoms with Crippen LogP contribution in [-0.2, 0) is 0 Å². The first-order chi connectivity index (χ1) is 10.1. The summed E-state index contributed by atoms with van der Waals surface area (Å²) in [6.07, 6.45) is 5.02. The maximum atomic E-state index is 10.3. The van der Waals surface area contributed by atoms with Crippen molar-refractivity contribution < 1.29 is 5.11 Å². The second kappa shape index (κ2) is 7.95. The summed E-state index contributed by atoms with van der Waals surface area (Å²) in [7, 11) is 0. The highest BCUT2D eigenvalue weighted by molar-refractivity contribution is 5.26. The van der Waals surface area contributed by atoms with Crippen molar-refractivity contribution in [1.82, 2.24) is 5.32 Å². The van der Waals surface area contributed by atoms with Gasteiger partial charge in [-0.25, -0.2) is 0 Å². The van der Waals surface area contributed by atoms with Crippen LogP contribution in [0.15, 0.2) is 24.3 Å². The topological polar surface area (TPSA) is 32.3 Å². The molecule has 1 aliphatic carbocycles. The Balaban J connectivity index is 1.72. The normalized spacial score (nSPS) is 24.2. The lowest BCUT2D eigenvalue weighted by Gasteiger charge is -2.26. The molecule has 0 bridgehead atoms. The van der Waals surface area contributed by atoms with Crippen LogP contribution in [0.3, 0.4) is 0 Å². The molecule has 1 aromatic rings. The van der Waals surface area contributed by atoms with Crippen LogP contribution < -0.4 is 5.32 Å². The summed E-state index contributed by atoms with van der Waals surface area (Å²) in [5.41, 5.74) is 2.35. The van der Waals surface area contributed by atoms with Gasteiger partial charge in [0, 0.05) is 6.54 Å². The van der Waals surface area contributed by atoms with Gasteiger partial charge in [-0.2, -0.15) is 0 Å². The molecule has 21 heavy (non-hydrogen) atoms. The number of aliphatic hydroxyl groups excluding tert-OH is 1. The number of rotatable bonds is 6. The Kier molecular flexibility index (Phi) is 6.25. The summed E-state index contributed by atoms with van der Waals surface area (Å²) in [6.45, 7) is 8.45. The summed E-state index contributed by atoms with van der Waals surface area (Å²) in [4.78, 5) is 0. The molecule has 0 aromatic heterocycles. The van der Waals surface area contributed by atoms with E-state index in [0.717, 1.165) is 23.9 Å². The van der Waals surface area contributed by atoms with Gasteiger partial charge < -0.3 is 10.4 Å². The van der Waals surface area contributed by atoms with Crippen molar-refractivity contribution >= 4 is 0 Å². The summed E-state index contributed by atoms with van der Waals surface area (Å²) >= 11 is 0. The van der Waals surface area contributed by atoms with Crippen molar-refractivity contribution in [2.45, 2.75) is 58.5 Å². The third-order valence-corrected chi connectivity index (χ3v) is 4.89. The smallest absolute Gasteiger partial charge is 0.0914 e. The molecule has 1 aliphatic rings. The van der Waals surface area contributed by atoms with Crippen LogP contribution in [0.5, 0.6) is 0 Å². The number of benzene rings is 1. The van der Waals surface area contributed by atoms with Gasteiger partial charge in [-0.05, 0) is 48.3 Å². The standard InChI is InChI=1S/C19H31NO/c1-14(2)17-8-10-18(11-9-17)19(21)13-20-12-16-6-4-15(3)5-7-16/h8-11,14-16,19-21H,4-7,12-13H2,1-3H3. The molecule has 118 valence electrons. The molecule has 0 saturated heterocycles. The molecule has 1 fully saturated rings. The van der Waals surface area contributed by atoms with Crippen molar-refractivity contribution in [3.8, 4) is 0 Å². The average Bonchev–Trinajstić information content (AvgIpc) is 2.49. The zero-order valence-electron chi connectivity index (χ0n) is 13.8. The predicted octanol–water partition coefficient (Wildman–Crippen LogP) is 4.26. The van der Waals surface area contributed by atoms with E-state index in [1.807, 2.05) is 0 Å². The second-order valence-corrected chi connectivity index (χ2v) is 7.12. The molecule has 1 atom stereocenters. The van der Waals surface area contributed by atoms with Crippen molar-refractivity contribution in [1.29, 1.82) is 0 Å². The molecule has 2 N–H and O–H groups in total. The molecule has 0 spiro atoms. The number of nitrogens with one attached hydrogen (secondary N) is 1.